The maximum absolute atomic E-state index is 11.9. The topological polar surface area (TPSA) is 66.8 Å². The van der Waals surface area contributed by atoms with Gasteiger partial charge in [0.1, 0.15) is 0 Å². The first-order valence-corrected chi connectivity index (χ1v) is 7.76. The van der Waals surface area contributed by atoms with E-state index < -0.39 is 5.41 Å². The van der Waals surface area contributed by atoms with Gasteiger partial charge in [-0.05, 0) is 31.0 Å². The van der Waals surface area contributed by atoms with Crippen molar-refractivity contribution in [1.82, 2.24) is 0 Å². The quantitative estimate of drug-likeness (QED) is 0.486. The molecule has 0 aliphatic carbocycles. The molecule has 2 radical (unpaired) electrons. The van der Waals surface area contributed by atoms with Gasteiger partial charge in [-0.15, -0.1) is 0 Å². The third-order valence-corrected chi connectivity index (χ3v) is 3.13. The van der Waals surface area contributed by atoms with E-state index in [4.69, 9.17) is 12.6 Å². The van der Waals surface area contributed by atoms with Gasteiger partial charge in [0.05, 0.1) is 20.4 Å². The van der Waals surface area contributed by atoms with Crippen LogP contribution in [0.1, 0.15) is 54.5 Å². The molecule has 0 saturated carbocycles. The van der Waals surface area contributed by atoms with Gasteiger partial charge in [-0.3, -0.25) is 4.79 Å². The zero-order chi connectivity index (χ0) is 17.8. The standard InChI is InChI=1S/C13H17BO4.2C2H6.H2/c1-13(6-3-7-14,12(17)18-2)9-4-5-10(15)11(16)8-9;2*1-2;/h4-5,8,15-16H,3,6-7H2,1-2H3;2*1-2H3;1H. The van der Waals surface area contributed by atoms with Crippen LogP contribution in [0.5, 0.6) is 11.5 Å². The van der Waals surface area contributed by atoms with Gasteiger partial charge in [-0.1, -0.05) is 46.5 Å². The molecule has 4 nitrogen and oxygen atoms in total. The molecule has 0 aliphatic heterocycles. The van der Waals surface area contributed by atoms with Crippen molar-refractivity contribution >= 4 is 13.8 Å². The number of benzene rings is 1. The van der Waals surface area contributed by atoms with Crippen LogP contribution >= 0.6 is 0 Å². The predicted molar refractivity (Wildman–Crippen MR) is 93.7 cm³/mol. The Labute approximate surface area is 137 Å². The molecule has 1 unspecified atom stereocenters. The molecule has 0 heterocycles. The minimum atomic E-state index is -0.876. The van der Waals surface area contributed by atoms with Gasteiger partial charge < -0.3 is 14.9 Å². The average molecular weight is 310 g/mol. The third-order valence-electron chi connectivity index (χ3n) is 3.13. The number of hydrogen-bond acceptors (Lipinski definition) is 4. The highest BCUT2D eigenvalue weighted by atomic mass is 16.5. The molecule has 0 aliphatic rings. The number of esters is 1. The zero-order valence-corrected chi connectivity index (χ0v) is 14.6. The molecule has 1 rings (SSSR count). The number of carbonyl (C=O) groups excluding carboxylic acids is 1. The number of phenols is 2. The minimum Gasteiger partial charge on any atom is -0.504 e. The molecule has 0 spiro atoms. The summed E-state index contributed by atoms with van der Waals surface area (Å²) in [5, 5.41) is 18.8. The van der Waals surface area contributed by atoms with E-state index >= 15 is 0 Å². The molecule has 126 valence electrons. The van der Waals surface area contributed by atoms with Crippen LogP contribution < -0.4 is 0 Å². The summed E-state index contributed by atoms with van der Waals surface area (Å²) in [7, 11) is 6.79. The maximum Gasteiger partial charge on any atom is 0.315 e. The third kappa shape index (κ3) is 6.00. The highest BCUT2D eigenvalue weighted by Crippen LogP contribution is 2.35. The van der Waals surface area contributed by atoms with E-state index in [1.807, 2.05) is 27.7 Å². The van der Waals surface area contributed by atoms with Gasteiger partial charge in [-0.25, -0.2) is 0 Å². The number of carbonyl (C=O) groups is 1. The van der Waals surface area contributed by atoms with Gasteiger partial charge in [0.25, 0.3) is 0 Å². The molecule has 0 aromatic heterocycles. The van der Waals surface area contributed by atoms with Crippen molar-refractivity contribution in [2.45, 2.75) is 59.2 Å². The van der Waals surface area contributed by atoms with Crippen molar-refractivity contribution < 1.29 is 21.2 Å². The summed E-state index contributed by atoms with van der Waals surface area (Å²) in [6, 6.07) is 4.33. The lowest BCUT2D eigenvalue weighted by molar-refractivity contribution is -0.147. The molecule has 2 N–H and O–H groups in total. The molecular weight excluding hydrogens is 279 g/mol. The molecule has 5 heteroatoms. The first-order valence-electron chi connectivity index (χ1n) is 7.76. The Hall–Kier alpha value is -1.65. The molecule has 0 bridgehead atoms. The number of aromatic hydroxyl groups is 2. The fourth-order valence-corrected chi connectivity index (χ4v) is 1.91. The summed E-state index contributed by atoms with van der Waals surface area (Å²) in [6.45, 7) is 9.74. The van der Waals surface area contributed by atoms with Gasteiger partial charge in [0.2, 0.25) is 0 Å². The van der Waals surface area contributed by atoms with Gasteiger partial charge >= 0.3 is 5.97 Å². The van der Waals surface area contributed by atoms with Crippen molar-refractivity contribution in [2.24, 2.45) is 0 Å². The molecule has 0 saturated heterocycles. The van der Waals surface area contributed by atoms with Crippen LogP contribution in [0.15, 0.2) is 18.2 Å². The van der Waals surface area contributed by atoms with Crippen molar-refractivity contribution in [2.75, 3.05) is 7.11 Å². The SMILES string of the molecule is CC.CC.[B]CCCC(C)(C(=O)OC)c1ccc(O)c(O)c1.[HH]. The molecular formula is C17H31BO4. The molecule has 22 heavy (non-hydrogen) atoms. The Bertz CT molecular complexity index is 441. The zero-order valence-electron chi connectivity index (χ0n) is 14.6. The number of methoxy groups -OCH3 is 1. The smallest absolute Gasteiger partial charge is 0.315 e. The number of phenolic OH excluding ortho intramolecular Hbond substituents is 2. The van der Waals surface area contributed by atoms with Crippen molar-refractivity contribution in [3.8, 4) is 11.5 Å². The summed E-state index contributed by atoms with van der Waals surface area (Å²) in [6.07, 6.45) is 1.64. The molecule has 1 atom stereocenters. The monoisotopic (exact) mass is 310 g/mol. The maximum atomic E-state index is 11.9. The predicted octanol–water partition coefficient (Wildman–Crippen LogP) is 4.19. The minimum absolute atomic E-state index is 0. The highest BCUT2D eigenvalue weighted by molar-refractivity contribution is 6.08. The van der Waals surface area contributed by atoms with Crippen LogP contribution in [0.2, 0.25) is 6.32 Å². The second-order valence-electron chi connectivity index (χ2n) is 4.42. The lowest BCUT2D eigenvalue weighted by atomic mass is 9.77. The second-order valence-corrected chi connectivity index (χ2v) is 4.42. The average Bonchev–Trinajstić information content (AvgIpc) is 2.57. The van der Waals surface area contributed by atoms with Gasteiger partial charge in [0.15, 0.2) is 11.5 Å². The summed E-state index contributed by atoms with van der Waals surface area (Å²) in [5.74, 6) is -0.860. The van der Waals surface area contributed by atoms with Crippen LogP contribution in [-0.4, -0.2) is 31.1 Å². The largest absolute Gasteiger partial charge is 0.504 e. The van der Waals surface area contributed by atoms with E-state index in [1.165, 1.54) is 19.2 Å². The summed E-state index contributed by atoms with van der Waals surface area (Å²) < 4.78 is 4.81. The Balaban J connectivity index is -0.000000739. The Morgan fingerprint density at radius 1 is 1.23 bits per heavy atom. The van der Waals surface area contributed by atoms with Crippen molar-refractivity contribution in [1.29, 1.82) is 0 Å². The van der Waals surface area contributed by atoms with Crippen LogP contribution in [0, 0.1) is 0 Å². The van der Waals surface area contributed by atoms with E-state index in [2.05, 4.69) is 0 Å². The fraction of sp³-hybridized carbons (Fsp3) is 0.588. The highest BCUT2D eigenvalue weighted by Gasteiger charge is 2.36. The molecule has 0 amide bonds. The molecule has 1 aromatic rings. The second kappa shape index (κ2) is 12.0. The summed E-state index contributed by atoms with van der Waals surface area (Å²) >= 11 is 0. The van der Waals surface area contributed by atoms with Crippen molar-refractivity contribution in [3.05, 3.63) is 23.8 Å². The number of hydrogen-bond donors (Lipinski definition) is 2. The number of rotatable bonds is 5. The van der Waals surface area contributed by atoms with E-state index in [0.717, 1.165) is 0 Å². The van der Waals surface area contributed by atoms with Crippen LogP contribution in [0.4, 0.5) is 0 Å². The lowest BCUT2D eigenvalue weighted by Gasteiger charge is -2.27. The van der Waals surface area contributed by atoms with Crippen LogP contribution in [0.3, 0.4) is 0 Å². The summed E-state index contributed by atoms with van der Waals surface area (Å²) in [4.78, 5) is 11.9. The fourth-order valence-electron chi connectivity index (χ4n) is 1.91. The Morgan fingerprint density at radius 2 is 1.77 bits per heavy atom. The summed E-state index contributed by atoms with van der Waals surface area (Å²) in [5.41, 5.74) is -0.280. The van der Waals surface area contributed by atoms with Crippen LogP contribution in [-0.2, 0) is 14.9 Å². The Kier molecular flexibility index (Phi) is 12.3. The lowest BCUT2D eigenvalue weighted by Crippen LogP contribution is -2.33. The first kappa shape index (κ1) is 22.6. The molecule has 1 aromatic carbocycles. The first-order chi connectivity index (χ1) is 10.5. The van der Waals surface area contributed by atoms with E-state index in [9.17, 15) is 15.0 Å². The van der Waals surface area contributed by atoms with Gasteiger partial charge in [0, 0.05) is 1.43 Å². The van der Waals surface area contributed by atoms with Gasteiger partial charge in [-0.2, -0.15) is 0 Å². The number of ether oxygens (including phenoxy) is 1. The van der Waals surface area contributed by atoms with Crippen LogP contribution in [0.25, 0.3) is 0 Å². The van der Waals surface area contributed by atoms with E-state index in [1.54, 1.807) is 13.0 Å². The normalized spacial score (nSPS) is 11.9. The Morgan fingerprint density at radius 3 is 2.18 bits per heavy atom. The van der Waals surface area contributed by atoms with Crippen molar-refractivity contribution in [3.63, 3.8) is 0 Å². The van der Waals surface area contributed by atoms with E-state index in [-0.39, 0.29) is 18.9 Å². The molecule has 0 fully saturated rings. The van der Waals surface area contributed by atoms with E-state index in [0.29, 0.717) is 24.7 Å².